The van der Waals surface area contributed by atoms with Crippen molar-refractivity contribution in [2.75, 3.05) is 0 Å². The molecule has 4 nitrogen and oxygen atoms in total. The second-order valence-electron chi connectivity index (χ2n) is 4.88. The summed E-state index contributed by atoms with van der Waals surface area (Å²) in [6.07, 6.45) is 3.96. The molecular formula is C10H18N4S. The van der Waals surface area contributed by atoms with Gasteiger partial charge < -0.3 is 5.73 Å². The van der Waals surface area contributed by atoms with Gasteiger partial charge in [0.2, 0.25) is 0 Å². The molecule has 0 radical (unpaired) electrons. The molecule has 1 fully saturated rings. The Labute approximate surface area is 94.6 Å². The highest BCUT2D eigenvalue weighted by Crippen LogP contribution is 2.43. The lowest BCUT2D eigenvalue weighted by Gasteiger charge is -2.26. The predicted molar refractivity (Wildman–Crippen MR) is 61.6 cm³/mol. The molecule has 1 heterocycles. The molecule has 0 aliphatic heterocycles. The summed E-state index contributed by atoms with van der Waals surface area (Å²) in [5.41, 5.74) is 6.51. The number of hydrogen-bond donors (Lipinski definition) is 1. The Morgan fingerprint density at radius 3 is 2.80 bits per heavy atom. The van der Waals surface area contributed by atoms with E-state index < -0.39 is 0 Å². The molecule has 2 N–H and O–H groups in total. The molecule has 84 valence electrons. The molecule has 1 saturated carbocycles. The number of nitrogens with two attached hydrogens (primary N) is 1. The van der Waals surface area contributed by atoms with Gasteiger partial charge in [-0.25, -0.2) is 9.67 Å². The third-order valence-electron chi connectivity index (χ3n) is 3.30. The monoisotopic (exact) mass is 226 g/mol. The van der Waals surface area contributed by atoms with Crippen molar-refractivity contribution in [3.05, 3.63) is 6.33 Å². The zero-order chi connectivity index (χ0) is 11.1. The molecule has 2 atom stereocenters. The van der Waals surface area contributed by atoms with Gasteiger partial charge in [-0.1, -0.05) is 25.6 Å². The molecule has 1 aliphatic rings. The molecule has 0 spiro atoms. The topological polar surface area (TPSA) is 56.7 Å². The highest BCUT2D eigenvalue weighted by molar-refractivity contribution is 7.99. The van der Waals surface area contributed by atoms with Gasteiger partial charge in [0, 0.05) is 18.3 Å². The molecule has 2 unspecified atom stereocenters. The first kappa shape index (κ1) is 11.0. The highest BCUT2D eigenvalue weighted by atomic mass is 32.2. The summed E-state index contributed by atoms with van der Waals surface area (Å²) in [6, 6.07) is 0.249. The Hall–Kier alpha value is -0.550. The van der Waals surface area contributed by atoms with Crippen molar-refractivity contribution in [1.82, 2.24) is 14.8 Å². The number of hydrogen-bond acceptors (Lipinski definition) is 4. The Kier molecular flexibility index (Phi) is 2.77. The van der Waals surface area contributed by atoms with E-state index in [1.165, 1.54) is 12.8 Å². The zero-order valence-corrected chi connectivity index (χ0v) is 10.3. The first-order valence-electron chi connectivity index (χ1n) is 5.27. The van der Waals surface area contributed by atoms with Crippen LogP contribution in [0.2, 0.25) is 0 Å². The summed E-state index contributed by atoms with van der Waals surface area (Å²) in [7, 11) is 1.92. The van der Waals surface area contributed by atoms with Gasteiger partial charge in [0.15, 0.2) is 5.16 Å². The van der Waals surface area contributed by atoms with Gasteiger partial charge in [0.1, 0.15) is 6.33 Å². The maximum Gasteiger partial charge on any atom is 0.186 e. The summed E-state index contributed by atoms with van der Waals surface area (Å²) in [4.78, 5) is 4.22. The summed E-state index contributed by atoms with van der Waals surface area (Å²) < 4.78 is 1.81. The largest absolute Gasteiger partial charge is 0.326 e. The van der Waals surface area contributed by atoms with Crippen molar-refractivity contribution in [3.63, 3.8) is 0 Å². The van der Waals surface area contributed by atoms with Gasteiger partial charge in [0.25, 0.3) is 0 Å². The molecule has 1 aliphatic carbocycles. The summed E-state index contributed by atoms with van der Waals surface area (Å²) >= 11 is 1.76. The van der Waals surface area contributed by atoms with E-state index in [9.17, 15) is 0 Å². The van der Waals surface area contributed by atoms with E-state index in [0.717, 1.165) is 5.16 Å². The molecule has 1 aromatic heterocycles. The van der Waals surface area contributed by atoms with Gasteiger partial charge in [-0.3, -0.25) is 0 Å². The van der Waals surface area contributed by atoms with Gasteiger partial charge in [-0.15, -0.1) is 0 Å². The predicted octanol–water partition coefficient (Wildman–Crippen LogP) is 1.42. The van der Waals surface area contributed by atoms with Crippen LogP contribution < -0.4 is 5.73 Å². The first-order valence-corrected chi connectivity index (χ1v) is 6.15. The van der Waals surface area contributed by atoms with E-state index >= 15 is 0 Å². The van der Waals surface area contributed by atoms with Crippen LogP contribution in [0.3, 0.4) is 0 Å². The summed E-state index contributed by atoms with van der Waals surface area (Å²) in [5.74, 6) is 0. The van der Waals surface area contributed by atoms with Crippen molar-refractivity contribution >= 4 is 11.8 Å². The van der Waals surface area contributed by atoms with Crippen molar-refractivity contribution in [2.24, 2.45) is 18.2 Å². The Balaban J connectivity index is 2.06. The number of rotatable bonds is 2. The lowest BCUT2D eigenvalue weighted by molar-refractivity contribution is 0.334. The van der Waals surface area contributed by atoms with Crippen LogP contribution in [0.1, 0.15) is 26.7 Å². The van der Waals surface area contributed by atoms with Crippen molar-refractivity contribution in [2.45, 2.75) is 43.1 Å². The molecule has 0 amide bonds. The fraction of sp³-hybridized carbons (Fsp3) is 0.800. The van der Waals surface area contributed by atoms with Crippen LogP contribution in [0.5, 0.6) is 0 Å². The average molecular weight is 226 g/mol. The highest BCUT2D eigenvalue weighted by Gasteiger charge is 2.40. The minimum atomic E-state index is 0.249. The zero-order valence-electron chi connectivity index (χ0n) is 9.47. The van der Waals surface area contributed by atoms with E-state index in [4.69, 9.17) is 5.73 Å². The quantitative estimate of drug-likeness (QED) is 0.828. The van der Waals surface area contributed by atoms with E-state index in [1.807, 2.05) is 11.7 Å². The Bertz CT molecular complexity index is 347. The fourth-order valence-corrected chi connectivity index (χ4v) is 3.35. The van der Waals surface area contributed by atoms with Crippen LogP contribution >= 0.6 is 11.8 Å². The van der Waals surface area contributed by atoms with E-state index in [0.29, 0.717) is 5.25 Å². The van der Waals surface area contributed by atoms with Crippen LogP contribution in [0.15, 0.2) is 11.5 Å². The molecule has 1 aromatic rings. The van der Waals surface area contributed by atoms with Gasteiger partial charge in [0.05, 0.1) is 0 Å². The minimum absolute atomic E-state index is 0.249. The van der Waals surface area contributed by atoms with Crippen LogP contribution in [-0.4, -0.2) is 26.1 Å². The van der Waals surface area contributed by atoms with Gasteiger partial charge >= 0.3 is 0 Å². The van der Waals surface area contributed by atoms with E-state index in [2.05, 4.69) is 23.9 Å². The second kappa shape index (κ2) is 3.79. The second-order valence-corrected chi connectivity index (χ2v) is 6.08. The molecule has 5 heteroatoms. The Morgan fingerprint density at radius 1 is 1.60 bits per heavy atom. The van der Waals surface area contributed by atoms with Crippen molar-refractivity contribution in [1.29, 1.82) is 0 Å². The first-order chi connectivity index (χ1) is 7.00. The average Bonchev–Trinajstić information content (AvgIpc) is 2.66. The molecule has 0 saturated heterocycles. The lowest BCUT2D eigenvalue weighted by atomic mass is 9.88. The molecule has 0 bridgehead atoms. The lowest BCUT2D eigenvalue weighted by Crippen LogP contribution is -2.38. The molecule has 2 rings (SSSR count). The van der Waals surface area contributed by atoms with Gasteiger partial charge in [-0.05, 0) is 18.3 Å². The van der Waals surface area contributed by atoms with Crippen LogP contribution in [0.25, 0.3) is 0 Å². The maximum absolute atomic E-state index is 6.25. The number of aryl methyl sites for hydroxylation is 1. The third kappa shape index (κ3) is 2.03. The smallest absolute Gasteiger partial charge is 0.186 e. The van der Waals surface area contributed by atoms with Crippen molar-refractivity contribution < 1.29 is 0 Å². The molecule has 0 aromatic carbocycles. The standard InChI is InChI=1S/C10H18N4S/c1-10(2)5-4-7(8(10)11)15-9-12-6-13-14(9)3/h6-8H,4-5,11H2,1-3H3. The fourth-order valence-electron chi connectivity index (χ4n) is 2.02. The van der Waals surface area contributed by atoms with Gasteiger partial charge in [-0.2, -0.15) is 5.10 Å². The van der Waals surface area contributed by atoms with Crippen LogP contribution in [-0.2, 0) is 7.05 Å². The maximum atomic E-state index is 6.25. The Morgan fingerprint density at radius 2 is 2.33 bits per heavy atom. The number of aromatic nitrogens is 3. The van der Waals surface area contributed by atoms with Crippen LogP contribution in [0, 0.1) is 5.41 Å². The van der Waals surface area contributed by atoms with Crippen LogP contribution in [0.4, 0.5) is 0 Å². The van der Waals surface area contributed by atoms with Crippen molar-refractivity contribution in [3.8, 4) is 0 Å². The molecule has 15 heavy (non-hydrogen) atoms. The normalized spacial score (nSPS) is 29.6. The SMILES string of the molecule is Cn1ncnc1SC1CCC(C)(C)C1N. The minimum Gasteiger partial charge on any atom is -0.326 e. The third-order valence-corrected chi connectivity index (χ3v) is 4.71. The van der Waals surface area contributed by atoms with E-state index in [-0.39, 0.29) is 11.5 Å². The number of nitrogens with zero attached hydrogens (tertiary/aromatic N) is 3. The van der Waals surface area contributed by atoms with E-state index in [1.54, 1.807) is 18.1 Å². The molecular weight excluding hydrogens is 208 g/mol. The number of thioether (sulfide) groups is 1. The summed E-state index contributed by atoms with van der Waals surface area (Å²) in [5, 5.41) is 5.50. The summed E-state index contributed by atoms with van der Waals surface area (Å²) in [6.45, 7) is 4.49.